The molecule has 0 spiro atoms. The number of alkyl halides is 1. The van der Waals surface area contributed by atoms with E-state index < -0.39 is 10.0 Å². The molecule has 0 atom stereocenters. The molecule has 9 heteroatoms. The number of rotatable bonds is 5. The monoisotopic (exact) mass is 400 g/mol. The first-order chi connectivity index (χ1) is 8.95. The summed E-state index contributed by atoms with van der Waals surface area (Å²) < 4.78 is 26.7. The summed E-state index contributed by atoms with van der Waals surface area (Å²) in [5.41, 5.74) is 2.42. The fourth-order valence-corrected chi connectivity index (χ4v) is 5.85. The molecule has 0 unspecified atom stereocenters. The molecule has 0 N–H and O–H groups in total. The molecule has 0 saturated carbocycles. The van der Waals surface area contributed by atoms with Gasteiger partial charge in [0.15, 0.2) is 0 Å². The number of hydrogen-bond acceptors (Lipinski definition) is 5. The van der Waals surface area contributed by atoms with Crippen LogP contribution in [-0.2, 0) is 22.4 Å². The van der Waals surface area contributed by atoms with Gasteiger partial charge in [-0.25, -0.2) is 13.4 Å². The van der Waals surface area contributed by atoms with Gasteiger partial charge in [-0.3, -0.25) is 0 Å². The van der Waals surface area contributed by atoms with Crippen molar-refractivity contribution in [2.45, 2.75) is 17.3 Å². The summed E-state index contributed by atoms with van der Waals surface area (Å²) in [5.74, 6) is 0.300. The van der Waals surface area contributed by atoms with E-state index in [0.717, 1.165) is 10.6 Å². The van der Waals surface area contributed by atoms with Crippen LogP contribution in [0.5, 0.6) is 0 Å². The van der Waals surface area contributed by atoms with Gasteiger partial charge in [-0.15, -0.1) is 34.3 Å². The lowest BCUT2D eigenvalue weighted by Crippen LogP contribution is -2.26. The molecule has 2 aromatic rings. The normalized spacial score (nSPS) is 12.2. The van der Waals surface area contributed by atoms with Crippen molar-refractivity contribution in [2.75, 3.05) is 7.05 Å². The zero-order valence-corrected chi connectivity index (χ0v) is 14.6. The minimum Gasteiger partial charge on any atom is -0.248 e. The Kier molecular flexibility index (Phi) is 5.02. The summed E-state index contributed by atoms with van der Waals surface area (Å²) in [6.07, 6.45) is 0. The lowest BCUT2D eigenvalue weighted by Gasteiger charge is -2.15. The van der Waals surface area contributed by atoms with E-state index in [9.17, 15) is 8.42 Å². The molecule has 2 rings (SSSR count). The molecule has 0 bridgehead atoms. The second-order valence-corrected chi connectivity index (χ2v) is 9.18. The average Bonchev–Trinajstić information content (AvgIpc) is 2.98. The van der Waals surface area contributed by atoms with Crippen molar-refractivity contribution in [3.63, 3.8) is 0 Å². The van der Waals surface area contributed by atoms with Gasteiger partial charge in [-0.05, 0) is 22.0 Å². The van der Waals surface area contributed by atoms with Gasteiger partial charge in [0.2, 0.25) is 10.0 Å². The smallest absolute Gasteiger partial charge is 0.245 e. The predicted molar refractivity (Wildman–Crippen MR) is 82.3 cm³/mol. The number of aromatic nitrogens is 1. The highest BCUT2D eigenvalue weighted by Gasteiger charge is 2.26. The van der Waals surface area contributed by atoms with Gasteiger partial charge in [-0.1, -0.05) is 0 Å². The quantitative estimate of drug-likeness (QED) is 0.720. The second kappa shape index (κ2) is 6.19. The molecule has 2 heterocycles. The largest absolute Gasteiger partial charge is 0.248 e. The topological polar surface area (TPSA) is 50.3 Å². The molecule has 2 aromatic heterocycles. The molecule has 0 fully saturated rings. The van der Waals surface area contributed by atoms with Crippen molar-refractivity contribution >= 4 is 60.2 Å². The van der Waals surface area contributed by atoms with E-state index in [2.05, 4.69) is 20.9 Å². The molecule has 19 heavy (non-hydrogen) atoms. The SMILES string of the molecule is CN(Cc1cscn1)S(=O)(=O)c1cc(CCl)sc1Br. The Bertz CT molecular complexity index is 654. The van der Waals surface area contributed by atoms with Gasteiger partial charge in [-0.2, -0.15) is 4.31 Å². The van der Waals surface area contributed by atoms with E-state index in [1.54, 1.807) is 18.6 Å². The first-order valence-electron chi connectivity index (χ1n) is 5.12. The van der Waals surface area contributed by atoms with Crippen LogP contribution in [0, 0.1) is 0 Å². The van der Waals surface area contributed by atoms with Gasteiger partial charge >= 0.3 is 0 Å². The first-order valence-corrected chi connectivity index (χ1v) is 9.65. The van der Waals surface area contributed by atoms with E-state index in [0.29, 0.717) is 9.67 Å². The Morgan fingerprint density at radius 3 is 2.79 bits per heavy atom. The van der Waals surface area contributed by atoms with Crippen LogP contribution >= 0.6 is 50.2 Å². The van der Waals surface area contributed by atoms with Crippen LogP contribution < -0.4 is 0 Å². The number of halogens is 2. The summed E-state index contributed by atoms with van der Waals surface area (Å²) in [6.45, 7) is 0.254. The third kappa shape index (κ3) is 3.37. The number of thiophene rings is 1. The molecular formula is C10H10BrClN2O2S3. The summed E-state index contributed by atoms with van der Waals surface area (Å²) in [4.78, 5) is 5.16. The average molecular weight is 402 g/mol. The number of thiazole rings is 1. The van der Waals surface area contributed by atoms with Gasteiger partial charge in [0.25, 0.3) is 0 Å². The minimum atomic E-state index is -3.53. The standard InChI is InChI=1S/C10H10BrClN2O2S3/c1-14(4-7-5-17-6-13-7)19(15,16)9-2-8(3-12)18-10(9)11/h2,5-6H,3-4H2,1H3. The minimum absolute atomic E-state index is 0.254. The number of hydrogen-bond donors (Lipinski definition) is 0. The van der Waals surface area contributed by atoms with Crippen molar-refractivity contribution in [3.8, 4) is 0 Å². The van der Waals surface area contributed by atoms with Gasteiger partial charge in [0.1, 0.15) is 4.90 Å². The maximum atomic E-state index is 12.4. The predicted octanol–water partition coefficient (Wildman–Crippen LogP) is 3.53. The van der Waals surface area contributed by atoms with Gasteiger partial charge in [0, 0.05) is 17.3 Å². The third-order valence-electron chi connectivity index (χ3n) is 2.39. The zero-order valence-electron chi connectivity index (χ0n) is 9.84. The van der Waals surface area contributed by atoms with Crippen LogP contribution in [0.25, 0.3) is 0 Å². The highest BCUT2D eigenvalue weighted by molar-refractivity contribution is 9.11. The molecule has 0 aliphatic heterocycles. The maximum absolute atomic E-state index is 12.4. The van der Waals surface area contributed by atoms with Gasteiger partial charge < -0.3 is 0 Å². The third-order valence-corrected chi connectivity index (χ3v) is 7.53. The van der Waals surface area contributed by atoms with Crippen LogP contribution in [-0.4, -0.2) is 24.8 Å². The first kappa shape index (κ1) is 15.4. The molecule has 0 amide bonds. The van der Waals surface area contributed by atoms with E-state index in [4.69, 9.17) is 11.6 Å². The fraction of sp³-hybridized carbons (Fsp3) is 0.300. The molecule has 0 aromatic carbocycles. The summed E-state index contributed by atoms with van der Waals surface area (Å²) in [5, 5.41) is 1.83. The molecule has 0 radical (unpaired) electrons. The van der Waals surface area contributed by atoms with E-state index >= 15 is 0 Å². The van der Waals surface area contributed by atoms with Crippen molar-refractivity contribution in [3.05, 3.63) is 31.3 Å². The zero-order chi connectivity index (χ0) is 14.0. The second-order valence-electron chi connectivity index (χ2n) is 3.73. The summed E-state index contributed by atoms with van der Waals surface area (Å²) >= 11 is 11.8. The van der Waals surface area contributed by atoms with Crippen LogP contribution in [0.2, 0.25) is 0 Å². The molecule has 0 saturated heterocycles. The highest BCUT2D eigenvalue weighted by atomic mass is 79.9. The maximum Gasteiger partial charge on any atom is 0.245 e. The number of sulfonamides is 1. The van der Waals surface area contributed by atoms with E-state index in [-0.39, 0.29) is 11.4 Å². The summed E-state index contributed by atoms with van der Waals surface area (Å²) in [7, 11) is -1.99. The van der Waals surface area contributed by atoms with Gasteiger partial charge in [0.05, 0.1) is 27.4 Å². The molecular weight excluding hydrogens is 392 g/mol. The molecule has 0 aliphatic rings. The van der Waals surface area contributed by atoms with Crippen molar-refractivity contribution in [2.24, 2.45) is 0 Å². The summed E-state index contributed by atoms with van der Waals surface area (Å²) in [6, 6.07) is 1.61. The van der Waals surface area contributed by atoms with Crippen LogP contribution in [0.3, 0.4) is 0 Å². The number of nitrogens with zero attached hydrogens (tertiary/aromatic N) is 2. The van der Waals surface area contributed by atoms with Crippen molar-refractivity contribution in [1.82, 2.24) is 9.29 Å². The molecule has 4 nitrogen and oxygen atoms in total. The Hall–Kier alpha value is 0.01000. The Morgan fingerprint density at radius 1 is 1.53 bits per heavy atom. The lowest BCUT2D eigenvalue weighted by molar-refractivity contribution is 0.463. The van der Waals surface area contributed by atoms with Crippen LogP contribution in [0.1, 0.15) is 10.6 Å². The lowest BCUT2D eigenvalue weighted by atomic mass is 10.5. The van der Waals surface area contributed by atoms with Crippen LogP contribution in [0.4, 0.5) is 0 Å². The Labute approximate surface area is 133 Å². The fourth-order valence-electron chi connectivity index (χ4n) is 1.44. The molecule has 0 aliphatic carbocycles. The van der Waals surface area contributed by atoms with Crippen LogP contribution in [0.15, 0.2) is 25.6 Å². The molecule has 104 valence electrons. The van der Waals surface area contributed by atoms with Crippen molar-refractivity contribution in [1.29, 1.82) is 0 Å². The Balaban J connectivity index is 2.28. The van der Waals surface area contributed by atoms with Crippen molar-refractivity contribution < 1.29 is 8.42 Å². The van der Waals surface area contributed by atoms with E-state index in [1.165, 1.54) is 27.0 Å². The Morgan fingerprint density at radius 2 is 2.26 bits per heavy atom. The van der Waals surface area contributed by atoms with E-state index in [1.807, 2.05) is 5.38 Å². The highest BCUT2D eigenvalue weighted by Crippen LogP contribution is 2.34.